The fraction of sp³-hybridized carbons (Fsp3) is 0.143. The molecule has 2 aromatic heterocycles. The van der Waals surface area contributed by atoms with Crippen molar-refractivity contribution in [2.75, 3.05) is 9.80 Å². The Kier molecular flexibility index (Phi) is 10.6. The number of nitrogens with zero attached hydrogens (tertiary/aromatic N) is 2. The number of fused-ring (bicyclic) bond motifs is 15. The standard InChI is InChI=1S/C70H52F4N2O2/c1-39(2)49-15-11-17-53-55-19-13-25-63(67(55)77-65(49)53)75(47-33-41(71)31-42(72)34-47)45-27-29-51-52-30-28-46(38-62(52)70(61(51)37-45)59-23-9-7-21-57(59)69(5,6)58-22-8-10-24-60(58)70)76(48-35-43(73)32-44(74)36-48)64-26-14-20-56-54-18-12-16-50(40(3)4)66(54)78-68(56)64/h7-40H,1-6H3. The molecule has 0 bridgehead atoms. The molecule has 382 valence electrons. The first kappa shape index (κ1) is 47.6. The highest BCUT2D eigenvalue weighted by Crippen LogP contribution is 2.64. The smallest absolute Gasteiger partial charge is 0.159 e. The third-order valence-electron chi connectivity index (χ3n) is 16.6. The summed E-state index contributed by atoms with van der Waals surface area (Å²) in [5, 5.41) is 3.66. The van der Waals surface area contributed by atoms with E-state index in [0.717, 1.165) is 100 Å². The lowest BCUT2D eigenvalue weighted by Crippen LogP contribution is -2.40. The van der Waals surface area contributed by atoms with Crippen molar-refractivity contribution in [3.8, 4) is 11.1 Å². The molecule has 0 saturated heterocycles. The molecular weight excluding hydrogens is 977 g/mol. The third kappa shape index (κ3) is 6.84. The Morgan fingerprint density at radius 3 is 1.09 bits per heavy atom. The van der Waals surface area contributed by atoms with Gasteiger partial charge in [0, 0.05) is 50.5 Å². The Morgan fingerprint density at radius 1 is 0.346 bits per heavy atom. The summed E-state index contributed by atoms with van der Waals surface area (Å²) in [4.78, 5) is 3.80. The van der Waals surface area contributed by atoms with E-state index in [0.29, 0.717) is 33.9 Å². The second-order valence-electron chi connectivity index (χ2n) is 22.1. The Balaban J connectivity index is 1.07. The van der Waals surface area contributed by atoms with Gasteiger partial charge < -0.3 is 18.6 Å². The molecule has 0 N–H and O–H groups in total. The van der Waals surface area contributed by atoms with E-state index in [-0.39, 0.29) is 23.2 Å². The Bertz CT molecular complexity index is 4140. The molecule has 0 atom stereocenters. The molecule has 0 unspecified atom stereocenters. The number of anilines is 6. The van der Waals surface area contributed by atoms with Crippen molar-refractivity contribution in [1.29, 1.82) is 0 Å². The van der Waals surface area contributed by atoms with E-state index in [2.05, 4.69) is 139 Å². The van der Waals surface area contributed by atoms with Crippen molar-refractivity contribution in [3.63, 3.8) is 0 Å². The van der Waals surface area contributed by atoms with Gasteiger partial charge in [0.1, 0.15) is 34.4 Å². The van der Waals surface area contributed by atoms with Gasteiger partial charge >= 0.3 is 0 Å². The molecule has 78 heavy (non-hydrogen) atoms. The van der Waals surface area contributed by atoms with Crippen LogP contribution in [0.4, 0.5) is 51.7 Å². The first-order valence-corrected chi connectivity index (χ1v) is 26.6. The number of hydrogen-bond donors (Lipinski definition) is 0. The highest BCUT2D eigenvalue weighted by molar-refractivity contribution is 6.12. The minimum atomic E-state index is -1.01. The molecule has 0 amide bonds. The van der Waals surface area contributed by atoms with Crippen LogP contribution in [-0.2, 0) is 10.8 Å². The monoisotopic (exact) mass is 1030 g/mol. The molecule has 0 fully saturated rings. The number of hydrogen-bond acceptors (Lipinski definition) is 4. The molecule has 10 aromatic carbocycles. The summed E-state index contributed by atoms with van der Waals surface area (Å²) >= 11 is 0. The first-order valence-electron chi connectivity index (χ1n) is 26.6. The van der Waals surface area contributed by atoms with Gasteiger partial charge in [-0.05, 0) is 128 Å². The molecule has 0 radical (unpaired) electrons. The molecule has 2 aliphatic rings. The lowest BCUT2D eigenvalue weighted by molar-refractivity contribution is 0.563. The van der Waals surface area contributed by atoms with Gasteiger partial charge in [-0.3, -0.25) is 0 Å². The number of para-hydroxylation sites is 4. The van der Waals surface area contributed by atoms with Crippen LogP contribution in [-0.4, -0.2) is 0 Å². The van der Waals surface area contributed by atoms with Crippen LogP contribution in [0.25, 0.3) is 55.0 Å². The van der Waals surface area contributed by atoms with Crippen molar-refractivity contribution < 1.29 is 26.4 Å². The molecule has 14 rings (SSSR count). The van der Waals surface area contributed by atoms with E-state index in [1.807, 2.05) is 70.5 Å². The second-order valence-corrected chi connectivity index (χ2v) is 22.1. The zero-order chi connectivity index (χ0) is 53.5. The number of halogens is 4. The maximum Gasteiger partial charge on any atom is 0.159 e. The summed E-state index contributed by atoms with van der Waals surface area (Å²) in [5.74, 6) is -2.52. The Morgan fingerprint density at radius 2 is 0.705 bits per heavy atom. The molecule has 0 saturated carbocycles. The third-order valence-corrected chi connectivity index (χ3v) is 16.6. The average molecular weight is 1030 g/mol. The lowest BCUT2D eigenvalue weighted by Gasteiger charge is -2.47. The summed E-state index contributed by atoms with van der Waals surface area (Å²) in [6.07, 6.45) is 0. The predicted octanol–water partition coefficient (Wildman–Crippen LogP) is 20.2. The van der Waals surface area contributed by atoms with Crippen molar-refractivity contribution in [3.05, 3.63) is 262 Å². The summed E-state index contributed by atoms with van der Waals surface area (Å²) < 4.78 is 76.9. The zero-order valence-corrected chi connectivity index (χ0v) is 43.9. The fourth-order valence-corrected chi connectivity index (χ4v) is 13.3. The summed E-state index contributed by atoms with van der Waals surface area (Å²) in [7, 11) is 0. The maximum absolute atomic E-state index is 15.8. The lowest BCUT2D eigenvalue weighted by atomic mass is 9.55. The van der Waals surface area contributed by atoms with Gasteiger partial charge in [0.15, 0.2) is 11.2 Å². The maximum atomic E-state index is 15.8. The van der Waals surface area contributed by atoms with E-state index < -0.39 is 34.1 Å². The van der Waals surface area contributed by atoms with Crippen LogP contribution < -0.4 is 9.80 Å². The number of rotatable bonds is 8. The van der Waals surface area contributed by atoms with Crippen molar-refractivity contribution in [2.24, 2.45) is 0 Å². The normalized spacial score (nSPS) is 13.9. The second kappa shape index (κ2) is 17.3. The highest BCUT2D eigenvalue weighted by atomic mass is 19.1. The molecule has 0 aliphatic heterocycles. The van der Waals surface area contributed by atoms with Crippen LogP contribution in [0.15, 0.2) is 203 Å². The first-order chi connectivity index (χ1) is 37.7. The van der Waals surface area contributed by atoms with E-state index in [4.69, 9.17) is 8.83 Å². The van der Waals surface area contributed by atoms with Crippen LogP contribution in [0.5, 0.6) is 0 Å². The van der Waals surface area contributed by atoms with E-state index in [1.54, 1.807) is 0 Å². The molecule has 4 nitrogen and oxygen atoms in total. The SMILES string of the molecule is CC(C)c1cccc2c1oc1c(N(c3cc(F)cc(F)c3)c3ccc4c(c3)C3(c5cc(N(c6cc(F)cc(F)c6)c6cccc7c6oc6c(C(C)C)cccc67)ccc5-4)c4ccccc4C(C)(C)c4ccccc43)cccc12. The van der Waals surface area contributed by atoms with Gasteiger partial charge in [0.2, 0.25) is 0 Å². The van der Waals surface area contributed by atoms with Crippen molar-refractivity contribution in [2.45, 2.75) is 64.2 Å². The highest BCUT2D eigenvalue weighted by Gasteiger charge is 2.54. The van der Waals surface area contributed by atoms with E-state index in [1.165, 1.54) is 24.3 Å². The topological polar surface area (TPSA) is 32.8 Å². The summed E-state index contributed by atoms with van der Waals surface area (Å²) in [5.41, 5.74) is 14.7. The molecule has 12 aromatic rings. The Hall–Kier alpha value is -8.88. The van der Waals surface area contributed by atoms with Gasteiger partial charge in [-0.2, -0.15) is 0 Å². The summed E-state index contributed by atoms with van der Waals surface area (Å²) in [6.45, 7) is 13.1. The molecule has 2 heterocycles. The molecule has 1 spiro atoms. The van der Waals surface area contributed by atoms with Crippen LogP contribution in [0, 0.1) is 23.3 Å². The predicted molar refractivity (Wildman–Crippen MR) is 308 cm³/mol. The number of benzene rings is 10. The van der Waals surface area contributed by atoms with Crippen molar-refractivity contribution in [1.82, 2.24) is 0 Å². The van der Waals surface area contributed by atoms with Crippen LogP contribution in [0.2, 0.25) is 0 Å². The van der Waals surface area contributed by atoms with Gasteiger partial charge in [-0.25, -0.2) is 17.6 Å². The quantitative estimate of drug-likeness (QED) is 0.142. The molecular formula is C70H52F4N2O2. The zero-order valence-electron chi connectivity index (χ0n) is 43.9. The molecule has 2 aliphatic carbocycles. The Labute approximate surface area is 449 Å². The van der Waals surface area contributed by atoms with Gasteiger partial charge in [0.25, 0.3) is 0 Å². The number of furan rings is 2. The van der Waals surface area contributed by atoms with Gasteiger partial charge in [0.05, 0.1) is 28.2 Å². The van der Waals surface area contributed by atoms with Crippen molar-refractivity contribution >= 4 is 78.0 Å². The van der Waals surface area contributed by atoms with Gasteiger partial charge in [-0.15, -0.1) is 0 Å². The van der Waals surface area contributed by atoms with Crippen LogP contribution in [0.1, 0.15) is 97.9 Å². The van der Waals surface area contributed by atoms with E-state index in [9.17, 15) is 0 Å². The summed E-state index contributed by atoms with van der Waals surface area (Å²) in [6, 6.07) is 61.2. The van der Waals surface area contributed by atoms with Crippen LogP contribution >= 0.6 is 0 Å². The fourth-order valence-electron chi connectivity index (χ4n) is 13.3. The minimum absolute atomic E-state index is 0.173. The van der Waals surface area contributed by atoms with Crippen LogP contribution in [0.3, 0.4) is 0 Å². The molecule has 8 heteroatoms. The van der Waals surface area contributed by atoms with Gasteiger partial charge in [-0.1, -0.05) is 163 Å². The minimum Gasteiger partial charge on any atom is -0.454 e. The largest absolute Gasteiger partial charge is 0.454 e. The van der Waals surface area contributed by atoms with E-state index >= 15 is 17.6 Å². The average Bonchev–Trinajstić information content (AvgIpc) is 2.61.